The van der Waals surface area contributed by atoms with Crippen LogP contribution in [-0.4, -0.2) is 21.4 Å². The lowest BCUT2D eigenvalue weighted by atomic mass is 9.98. The number of halogens is 1. The molecular weight excluding hydrogens is 424 g/mol. The number of nitrogens with one attached hydrogen (secondary N) is 1. The molecular formula is C22H15ClN2O4S. The normalized spacial score (nSPS) is 13.3. The zero-order valence-electron chi connectivity index (χ0n) is 15.7. The summed E-state index contributed by atoms with van der Waals surface area (Å²) >= 11 is 5.88. The lowest BCUT2D eigenvalue weighted by molar-refractivity contribution is 0.0999. The van der Waals surface area contributed by atoms with Crippen molar-refractivity contribution < 1.29 is 17.6 Å². The number of benzene rings is 3. The number of hydrogen-bond donors (Lipinski definition) is 1. The molecule has 30 heavy (non-hydrogen) atoms. The van der Waals surface area contributed by atoms with Crippen LogP contribution in [0.1, 0.15) is 10.4 Å². The Morgan fingerprint density at radius 2 is 1.77 bits per heavy atom. The minimum Gasteiger partial charge on any atom is -0.472 e. The van der Waals surface area contributed by atoms with Gasteiger partial charge in [-0.15, -0.1) is 0 Å². The average molecular weight is 439 g/mol. The van der Waals surface area contributed by atoms with Crippen LogP contribution in [0.25, 0.3) is 21.9 Å². The maximum Gasteiger partial charge on any atom is 0.261 e. The lowest BCUT2D eigenvalue weighted by Gasteiger charge is -2.14. The highest BCUT2D eigenvalue weighted by molar-refractivity contribution is 7.92. The molecule has 1 aromatic heterocycles. The van der Waals surface area contributed by atoms with Gasteiger partial charge in [0.15, 0.2) is 0 Å². The molecule has 0 aliphatic carbocycles. The summed E-state index contributed by atoms with van der Waals surface area (Å²) in [6.07, 6.45) is 3.13. The summed E-state index contributed by atoms with van der Waals surface area (Å²) in [7, 11) is -2.15. The van der Waals surface area contributed by atoms with Crippen LogP contribution in [0.5, 0.6) is 0 Å². The van der Waals surface area contributed by atoms with Crippen molar-refractivity contribution in [2.45, 2.75) is 4.90 Å². The van der Waals surface area contributed by atoms with E-state index in [1.807, 2.05) is 6.07 Å². The molecule has 2 heterocycles. The van der Waals surface area contributed by atoms with Crippen LogP contribution in [0.4, 0.5) is 11.4 Å². The molecule has 0 saturated heterocycles. The molecule has 3 aromatic carbocycles. The van der Waals surface area contributed by atoms with Gasteiger partial charge < -0.3 is 9.32 Å². The highest BCUT2D eigenvalue weighted by Gasteiger charge is 2.29. The molecule has 0 unspecified atom stereocenters. The predicted molar refractivity (Wildman–Crippen MR) is 117 cm³/mol. The van der Waals surface area contributed by atoms with Crippen molar-refractivity contribution in [3.05, 3.63) is 77.7 Å². The van der Waals surface area contributed by atoms with E-state index in [9.17, 15) is 13.2 Å². The van der Waals surface area contributed by atoms with Gasteiger partial charge >= 0.3 is 0 Å². The Hall–Kier alpha value is -3.29. The fourth-order valence-corrected chi connectivity index (χ4v) is 4.91. The standard InChI is InChI=1S/C22H15ClN2O4S/c1-25-20-7-6-19(24-30(27,28)16-4-2-15(23)3-5-16)17-10-14(13-8-9-29-12-13)11-18(21(17)20)22(25)26/h2-12,24H,1H3. The van der Waals surface area contributed by atoms with E-state index in [2.05, 4.69) is 4.72 Å². The maximum atomic E-state index is 12.9. The van der Waals surface area contributed by atoms with E-state index in [1.165, 1.54) is 24.3 Å². The molecule has 1 amide bonds. The zero-order chi connectivity index (χ0) is 21.0. The van der Waals surface area contributed by atoms with Crippen LogP contribution in [0.15, 0.2) is 76.4 Å². The average Bonchev–Trinajstić information content (AvgIpc) is 3.34. The van der Waals surface area contributed by atoms with Crippen LogP contribution < -0.4 is 9.62 Å². The topological polar surface area (TPSA) is 79.6 Å². The van der Waals surface area contributed by atoms with Crippen molar-refractivity contribution in [1.82, 2.24) is 0 Å². The lowest BCUT2D eigenvalue weighted by Crippen LogP contribution is -2.20. The summed E-state index contributed by atoms with van der Waals surface area (Å²) in [6.45, 7) is 0. The van der Waals surface area contributed by atoms with E-state index < -0.39 is 10.0 Å². The number of rotatable bonds is 4. The third-order valence-corrected chi connectivity index (χ3v) is 6.85. The van der Waals surface area contributed by atoms with Crippen LogP contribution in [0.2, 0.25) is 5.02 Å². The van der Waals surface area contributed by atoms with Gasteiger partial charge in [0.2, 0.25) is 0 Å². The SMILES string of the molecule is CN1C(=O)c2cc(-c3ccoc3)cc3c(NS(=O)(=O)c4ccc(Cl)cc4)ccc1c23. The molecule has 4 aromatic rings. The van der Waals surface area contributed by atoms with Crippen molar-refractivity contribution in [2.24, 2.45) is 0 Å². The predicted octanol–water partition coefficient (Wildman–Crippen LogP) is 5.14. The zero-order valence-corrected chi connectivity index (χ0v) is 17.3. The molecule has 0 spiro atoms. The van der Waals surface area contributed by atoms with Gasteiger partial charge in [0.1, 0.15) is 0 Å². The molecule has 0 fully saturated rings. The molecule has 6 nitrogen and oxygen atoms in total. The second kappa shape index (κ2) is 6.62. The molecule has 0 bridgehead atoms. The van der Waals surface area contributed by atoms with Crippen LogP contribution in [-0.2, 0) is 10.0 Å². The summed E-state index contributed by atoms with van der Waals surface area (Å²) in [4.78, 5) is 14.5. The van der Waals surface area contributed by atoms with Crippen molar-refractivity contribution in [3.63, 3.8) is 0 Å². The molecule has 1 aliphatic heterocycles. The van der Waals surface area contributed by atoms with Gasteiger partial charge in [-0.05, 0) is 60.2 Å². The number of carbonyl (C=O) groups excluding carboxylic acids is 1. The summed E-state index contributed by atoms with van der Waals surface area (Å²) < 4.78 is 33.7. The summed E-state index contributed by atoms with van der Waals surface area (Å²) in [6, 6.07) is 14.8. The van der Waals surface area contributed by atoms with E-state index in [4.69, 9.17) is 16.0 Å². The van der Waals surface area contributed by atoms with Crippen molar-refractivity contribution in [2.75, 3.05) is 16.7 Å². The first-order valence-electron chi connectivity index (χ1n) is 9.05. The fourth-order valence-electron chi connectivity index (χ4n) is 3.71. The molecule has 8 heteroatoms. The molecule has 0 radical (unpaired) electrons. The Bertz CT molecular complexity index is 1410. The van der Waals surface area contributed by atoms with Crippen molar-refractivity contribution in [1.29, 1.82) is 0 Å². The number of anilines is 2. The number of hydrogen-bond acceptors (Lipinski definition) is 4. The van der Waals surface area contributed by atoms with Crippen molar-refractivity contribution >= 4 is 49.7 Å². The quantitative estimate of drug-likeness (QED) is 0.478. The minimum absolute atomic E-state index is 0.0957. The molecule has 150 valence electrons. The Balaban J connectivity index is 1.71. The van der Waals surface area contributed by atoms with E-state index >= 15 is 0 Å². The largest absolute Gasteiger partial charge is 0.472 e. The van der Waals surface area contributed by atoms with Gasteiger partial charge in [-0.1, -0.05) is 11.6 Å². The third kappa shape index (κ3) is 2.86. The highest BCUT2D eigenvalue weighted by Crippen LogP contribution is 2.43. The molecule has 0 atom stereocenters. The second-order valence-electron chi connectivity index (χ2n) is 7.01. The number of sulfonamides is 1. The van der Waals surface area contributed by atoms with Crippen LogP contribution >= 0.6 is 11.6 Å². The third-order valence-electron chi connectivity index (χ3n) is 5.21. The van der Waals surface area contributed by atoms with Gasteiger partial charge in [0.05, 0.1) is 34.4 Å². The summed E-state index contributed by atoms with van der Waals surface area (Å²) in [5.74, 6) is -0.141. The number of carbonyl (C=O) groups is 1. The van der Waals surface area contributed by atoms with E-state index in [0.29, 0.717) is 27.0 Å². The molecule has 1 aliphatic rings. The monoisotopic (exact) mass is 438 g/mol. The maximum absolute atomic E-state index is 12.9. The minimum atomic E-state index is -3.85. The van der Waals surface area contributed by atoms with Crippen LogP contribution in [0, 0.1) is 0 Å². The summed E-state index contributed by atoms with van der Waals surface area (Å²) in [5.41, 5.74) is 3.21. The molecule has 0 saturated carbocycles. The second-order valence-corrected chi connectivity index (χ2v) is 9.13. The number of amides is 1. The van der Waals surface area contributed by atoms with Gasteiger partial charge in [-0.3, -0.25) is 9.52 Å². The fraction of sp³-hybridized carbons (Fsp3) is 0.0455. The highest BCUT2D eigenvalue weighted by atomic mass is 35.5. The Labute approximate surface area is 177 Å². The van der Waals surface area contributed by atoms with Gasteiger partial charge in [-0.2, -0.15) is 0 Å². The van der Waals surface area contributed by atoms with Crippen molar-refractivity contribution in [3.8, 4) is 11.1 Å². The van der Waals surface area contributed by atoms with Gasteiger partial charge in [0, 0.05) is 28.4 Å². The van der Waals surface area contributed by atoms with E-state index in [1.54, 1.807) is 48.7 Å². The Kier molecular flexibility index (Phi) is 4.13. The number of nitrogens with zero attached hydrogens (tertiary/aromatic N) is 1. The van der Waals surface area contributed by atoms with Gasteiger partial charge in [0.25, 0.3) is 15.9 Å². The molecule has 1 N–H and O–H groups in total. The van der Waals surface area contributed by atoms with Crippen LogP contribution in [0.3, 0.4) is 0 Å². The Morgan fingerprint density at radius 1 is 1.00 bits per heavy atom. The first-order chi connectivity index (χ1) is 14.3. The number of furan rings is 1. The summed E-state index contributed by atoms with van der Waals surface area (Å²) in [5, 5.41) is 1.80. The Morgan fingerprint density at radius 3 is 2.47 bits per heavy atom. The molecule has 5 rings (SSSR count). The van der Waals surface area contributed by atoms with E-state index in [0.717, 1.165) is 16.8 Å². The first-order valence-corrected chi connectivity index (χ1v) is 10.9. The van der Waals surface area contributed by atoms with Gasteiger partial charge in [-0.25, -0.2) is 8.42 Å². The van der Waals surface area contributed by atoms with E-state index in [-0.39, 0.29) is 10.8 Å². The smallest absolute Gasteiger partial charge is 0.261 e. The first kappa shape index (κ1) is 18.7.